The van der Waals surface area contributed by atoms with Crippen molar-refractivity contribution in [1.82, 2.24) is 4.90 Å². The summed E-state index contributed by atoms with van der Waals surface area (Å²) in [6, 6.07) is 18.2. The third-order valence-electron chi connectivity index (χ3n) is 4.41. The van der Waals surface area contributed by atoms with Crippen LogP contribution in [0.2, 0.25) is 0 Å². The summed E-state index contributed by atoms with van der Waals surface area (Å²) >= 11 is 0. The first-order chi connectivity index (χ1) is 12.9. The van der Waals surface area contributed by atoms with E-state index in [1.54, 1.807) is 4.90 Å². The third-order valence-corrected chi connectivity index (χ3v) is 4.41. The first kappa shape index (κ1) is 18.7. The van der Waals surface area contributed by atoms with Crippen LogP contribution >= 0.6 is 0 Å². The van der Waals surface area contributed by atoms with E-state index in [0.717, 1.165) is 23.1 Å². The number of carbonyl (C=O) groups excluding carboxylic acids is 1. The Hall–Kier alpha value is -3.06. The normalized spacial score (nSPS) is 14.3. The van der Waals surface area contributed by atoms with Gasteiger partial charge in [-0.25, -0.2) is 4.79 Å². The highest BCUT2D eigenvalue weighted by Gasteiger charge is 2.25. The lowest BCUT2D eigenvalue weighted by Gasteiger charge is -2.31. The van der Waals surface area contributed by atoms with E-state index in [1.807, 2.05) is 69.3 Å². The molecule has 0 aromatic heterocycles. The summed E-state index contributed by atoms with van der Waals surface area (Å²) < 4.78 is 5.49. The van der Waals surface area contributed by atoms with Gasteiger partial charge in [-0.3, -0.25) is 0 Å². The van der Waals surface area contributed by atoms with Gasteiger partial charge < -0.3 is 9.64 Å². The highest BCUT2D eigenvalue weighted by atomic mass is 16.6. The zero-order valence-electron chi connectivity index (χ0n) is 16.0. The fourth-order valence-corrected chi connectivity index (χ4v) is 3.10. The van der Waals surface area contributed by atoms with E-state index in [4.69, 9.17) is 4.74 Å². The zero-order valence-corrected chi connectivity index (χ0v) is 16.0. The molecule has 0 atom stereocenters. The number of rotatable bonds is 2. The first-order valence-corrected chi connectivity index (χ1v) is 9.13. The average Bonchev–Trinajstić information content (AvgIpc) is 2.64. The van der Waals surface area contributed by atoms with Crippen molar-refractivity contribution >= 4 is 17.7 Å². The molecule has 0 radical (unpaired) electrons. The molecular formula is C23H24N2O2. The zero-order chi connectivity index (χ0) is 19.4. The van der Waals surface area contributed by atoms with Crippen molar-refractivity contribution in [2.24, 2.45) is 0 Å². The second kappa shape index (κ2) is 7.67. The Morgan fingerprint density at radius 3 is 2.56 bits per heavy atom. The van der Waals surface area contributed by atoms with Gasteiger partial charge in [-0.15, -0.1) is 0 Å². The number of nitrogens with zero attached hydrogens (tertiary/aromatic N) is 2. The molecule has 138 valence electrons. The van der Waals surface area contributed by atoms with Crippen LogP contribution in [0.15, 0.2) is 48.5 Å². The van der Waals surface area contributed by atoms with E-state index in [1.165, 1.54) is 5.56 Å². The van der Waals surface area contributed by atoms with Gasteiger partial charge in [0.2, 0.25) is 0 Å². The molecule has 0 unspecified atom stereocenters. The van der Waals surface area contributed by atoms with Gasteiger partial charge >= 0.3 is 6.09 Å². The fourth-order valence-electron chi connectivity index (χ4n) is 3.10. The summed E-state index contributed by atoms with van der Waals surface area (Å²) in [4.78, 5) is 14.1. The van der Waals surface area contributed by atoms with Crippen LogP contribution in [-0.2, 0) is 17.7 Å². The maximum Gasteiger partial charge on any atom is 0.410 e. The second-order valence-corrected chi connectivity index (χ2v) is 7.72. The lowest BCUT2D eigenvalue weighted by Crippen LogP contribution is -2.39. The van der Waals surface area contributed by atoms with E-state index in [2.05, 4.69) is 12.1 Å². The van der Waals surface area contributed by atoms with E-state index in [-0.39, 0.29) is 6.09 Å². The highest BCUT2D eigenvalue weighted by molar-refractivity contribution is 5.89. The number of hydrogen-bond acceptors (Lipinski definition) is 3. The Labute approximate surface area is 160 Å². The summed E-state index contributed by atoms with van der Waals surface area (Å²) in [5.74, 6) is 0. The Morgan fingerprint density at radius 1 is 1.15 bits per heavy atom. The number of benzene rings is 2. The maximum atomic E-state index is 12.4. The van der Waals surface area contributed by atoms with Crippen LogP contribution in [0.4, 0.5) is 4.79 Å². The minimum absolute atomic E-state index is 0.293. The monoisotopic (exact) mass is 360 g/mol. The predicted octanol–water partition coefficient (Wildman–Crippen LogP) is 5.04. The molecule has 0 N–H and O–H groups in total. The van der Waals surface area contributed by atoms with Gasteiger partial charge in [0, 0.05) is 13.1 Å². The first-order valence-electron chi connectivity index (χ1n) is 9.13. The molecule has 0 saturated carbocycles. The lowest BCUT2D eigenvalue weighted by atomic mass is 9.94. The van der Waals surface area contributed by atoms with Crippen molar-refractivity contribution in [2.75, 3.05) is 6.54 Å². The lowest BCUT2D eigenvalue weighted by molar-refractivity contribution is 0.0224. The van der Waals surface area contributed by atoms with Crippen LogP contribution in [0.1, 0.15) is 43.0 Å². The molecule has 27 heavy (non-hydrogen) atoms. The number of nitriles is 1. The van der Waals surface area contributed by atoms with Crippen molar-refractivity contribution in [3.05, 3.63) is 70.8 Å². The SMILES string of the molecule is CC(C)(C)OC(=O)N1CCc2ccc(C(C#N)=Cc3ccccc3)cc2C1. The van der Waals surface area contributed by atoms with Crippen LogP contribution < -0.4 is 0 Å². The Bertz CT molecular complexity index is 902. The summed E-state index contributed by atoms with van der Waals surface area (Å²) in [5.41, 5.74) is 4.24. The molecule has 1 amide bonds. The van der Waals surface area contributed by atoms with Crippen LogP contribution in [-0.4, -0.2) is 23.1 Å². The van der Waals surface area contributed by atoms with E-state index >= 15 is 0 Å². The van der Waals surface area contributed by atoms with Gasteiger partial charge in [0.25, 0.3) is 0 Å². The molecule has 3 rings (SSSR count). The molecule has 0 aliphatic carbocycles. The molecule has 1 aliphatic heterocycles. The van der Waals surface area contributed by atoms with Crippen molar-refractivity contribution in [2.45, 2.75) is 39.3 Å². The van der Waals surface area contributed by atoms with Crippen LogP contribution in [0.25, 0.3) is 11.6 Å². The molecular weight excluding hydrogens is 336 g/mol. The average molecular weight is 360 g/mol. The molecule has 2 aromatic rings. The Kier molecular flexibility index (Phi) is 5.32. The number of carbonyl (C=O) groups is 1. The van der Waals surface area contributed by atoms with E-state index in [0.29, 0.717) is 18.7 Å². The smallest absolute Gasteiger partial charge is 0.410 e. The third kappa shape index (κ3) is 4.77. The van der Waals surface area contributed by atoms with Crippen LogP contribution in [0, 0.1) is 11.3 Å². The topological polar surface area (TPSA) is 53.3 Å². The largest absolute Gasteiger partial charge is 0.444 e. The van der Waals surface area contributed by atoms with Crippen molar-refractivity contribution in [1.29, 1.82) is 5.26 Å². The standard InChI is InChI=1S/C23H24N2O2/c1-23(2,3)27-22(26)25-12-11-18-9-10-19(14-21(18)16-25)20(15-24)13-17-7-5-4-6-8-17/h4-10,13-14H,11-12,16H2,1-3H3. The predicted molar refractivity (Wildman–Crippen MR) is 107 cm³/mol. The summed E-state index contributed by atoms with van der Waals surface area (Å²) in [6.45, 7) is 6.76. The van der Waals surface area contributed by atoms with E-state index in [9.17, 15) is 10.1 Å². The maximum absolute atomic E-state index is 12.4. The molecule has 4 nitrogen and oxygen atoms in total. The number of fused-ring (bicyclic) bond motifs is 1. The molecule has 4 heteroatoms. The van der Waals surface area contributed by atoms with Crippen LogP contribution in [0.3, 0.4) is 0 Å². The molecule has 1 aliphatic rings. The van der Waals surface area contributed by atoms with E-state index < -0.39 is 5.60 Å². The number of hydrogen-bond donors (Lipinski definition) is 0. The summed E-state index contributed by atoms with van der Waals surface area (Å²) in [5, 5.41) is 9.61. The highest BCUT2D eigenvalue weighted by Crippen LogP contribution is 2.26. The Morgan fingerprint density at radius 2 is 1.89 bits per heavy atom. The molecule has 0 spiro atoms. The summed E-state index contributed by atoms with van der Waals surface area (Å²) in [6.07, 6.45) is 2.38. The molecule has 0 fully saturated rings. The number of allylic oxidation sites excluding steroid dienone is 1. The van der Waals surface area contributed by atoms with Crippen LogP contribution in [0.5, 0.6) is 0 Å². The molecule has 0 saturated heterocycles. The number of ether oxygens (including phenoxy) is 1. The molecule has 2 aromatic carbocycles. The molecule has 0 bridgehead atoms. The fraction of sp³-hybridized carbons (Fsp3) is 0.304. The minimum Gasteiger partial charge on any atom is -0.444 e. The van der Waals surface area contributed by atoms with Gasteiger partial charge in [0.15, 0.2) is 0 Å². The van der Waals surface area contributed by atoms with Gasteiger partial charge in [-0.05, 0) is 61.6 Å². The summed E-state index contributed by atoms with van der Waals surface area (Å²) in [7, 11) is 0. The van der Waals surface area contributed by atoms with Gasteiger partial charge in [-0.1, -0.05) is 42.5 Å². The van der Waals surface area contributed by atoms with Gasteiger partial charge in [-0.2, -0.15) is 5.26 Å². The number of amides is 1. The van der Waals surface area contributed by atoms with Crippen molar-refractivity contribution in [3.63, 3.8) is 0 Å². The van der Waals surface area contributed by atoms with Gasteiger partial charge in [0.05, 0.1) is 11.6 Å². The van der Waals surface area contributed by atoms with Gasteiger partial charge in [0.1, 0.15) is 5.60 Å². The molecule has 1 heterocycles. The van der Waals surface area contributed by atoms with Crippen molar-refractivity contribution < 1.29 is 9.53 Å². The second-order valence-electron chi connectivity index (χ2n) is 7.72. The Balaban J connectivity index is 1.84. The quantitative estimate of drug-likeness (QED) is 0.557. The van der Waals surface area contributed by atoms with Crippen molar-refractivity contribution in [3.8, 4) is 6.07 Å². The minimum atomic E-state index is -0.508.